The first-order valence-electron chi connectivity index (χ1n) is 13.0. The molecule has 0 atom stereocenters. The third-order valence-corrected chi connectivity index (χ3v) is 5.67. The second-order valence-corrected chi connectivity index (χ2v) is 8.75. The second kappa shape index (κ2) is 16.8. The van der Waals surface area contributed by atoms with E-state index in [1.807, 2.05) is 12.1 Å². The van der Waals surface area contributed by atoms with E-state index in [2.05, 4.69) is 23.8 Å². The van der Waals surface area contributed by atoms with Gasteiger partial charge in [0, 0.05) is 18.4 Å². The quantitative estimate of drug-likeness (QED) is 0.136. The molecule has 0 saturated carbocycles. The Hall–Kier alpha value is -2.76. The highest BCUT2D eigenvalue weighted by molar-refractivity contribution is 5.73. The van der Waals surface area contributed by atoms with Gasteiger partial charge in [-0.05, 0) is 37.1 Å². The van der Waals surface area contributed by atoms with E-state index in [0.29, 0.717) is 30.2 Å². The molecule has 2 rings (SSSR count). The number of nitrogens with zero attached hydrogens (tertiary/aromatic N) is 2. The van der Waals surface area contributed by atoms with Gasteiger partial charge in [0.25, 0.3) is 0 Å². The predicted molar refractivity (Wildman–Crippen MR) is 135 cm³/mol. The summed E-state index contributed by atoms with van der Waals surface area (Å²) in [6.45, 7) is 4.38. The van der Waals surface area contributed by atoms with Crippen LogP contribution in [0.3, 0.4) is 0 Å². The van der Waals surface area contributed by atoms with Crippen LogP contribution in [-0.2, 0) is 9.59 Å². The van der Waals surface area contributed by atoms with Crippen molar-refractivity contribution in [3.8, 4) is 22.9 Å². The Morgan fingerprint density at radius 3 is 1.56 bits per heavy atom. The maximum absolute atomic E-state index is 12.1. The van der Waals surface area contributed by atoms with E-state index in [0.717, 1.165) is 37.7 Å². The van der Waals surface area contributed by atoms with Crippen molar-refractivity contribution in [2.75, 3.05) is 0 Å². The van der Waals surface area contributed by atoms with E-state index < -0.39 is 0 Å². The molecular weight excluding hydrogens is 428 g/mol. The smallest absolute Gasteiger partial charge is 0.311 e. The van der Waals surface area contributed by atoms with Gasteiger partial charge in [0.2, 0.25) is 0 Å². The van der Waals surface area contributed by atoms with Crippen molar-refractivity contribution in [2.24, 2.45) is 0 Å². The van der Waals surface area contributed by atoms with Crippen molar-refractivity contribution < 1.29 is 19.1 Å². The van der Waals surface area contributed by atoms with Gasteiger partial charge in [-0.25, -0.2) is 9.97 Å². The maximum atomic E-state index is 12.1. The van der Waals surface area contributed by atoms with Gasteiger partial charge in [0.1, 0.15) is 5.75 Å². The van der Waals surface area contributed by atoms with Crippen LogP contribution in [0, 0.1) is 0 Å². The minimum atomic E-state index is -0.254. The zero-order chi connectivity index (χ0) is 24.4. The third-order valence-electron chi connectivity index (χ3n) is 5.67. The lowest BCUT2D eigenvalue weighted by molar-refractivity contribution is -0.135. The minimum Gasteiger partial charge on any atom is -0.427 e. The Labute approximate surface area is 204 Å². The topological polar surface area (TPSA) is 78.4 Å². The molecule has 1 heterocycles. The first-order valence-corrected chi connectivity index (χ1v) is 13.0. The molecule has 1 aromatic carbocycles. The lowest BCUT2D eigenvalue weighted by Crippen LogP contribution is -2.08. The zero-order valence-corrected chi connectivity index (χ0v) is 20.9. The molecule has 0 fully saturated rings. The number of esters is 2. The van der Waals surface area contributed by atoms with Crippen LogP contribution in [0.2, 0.25) is 0 Å². The molecule has 0 radical (unpaired) electrons. The largest absolute Gasteiger partial charge is 0.427 e. The van der Waals surface area contributed by atoms with Crippen molar-refractivity contribution >= 4 is 11.9 Å². The molecule has 2 aromatic rings. The maximum Gasteiger partial charge on any atom is 0.311 e. The van der Waals surface area contributed by atoms with Crippen molar-refractivity contribution in [1.29, 1.82) is 0 Å². The summed E-state index contributed by atoms with van der Waals surface area (Å²) in [5.74, 6) is 0.921. The molecule has 0 aliphatic carbocycles. The molecular formula is C28H40N2O4. The lowest BCUT2D eigenvalue weighted by Gasteiger charge is -2.07. The summed E-state index contributed by atoms with van der Waals surface area (Å²) in [5, 5.41) is 0. The third kappa shape index (κ3) is 11.4. The van der Waals surface area contributed by atoms with E-state index in [9.17, 15) is 9.59 Å². The number of aromatic nitrogens is 2. The Morgan fingerprint density at radius 2 is 1.06 bits per heavy atom. The summed E-state index contributed by atoms with van der Waals surface area (Å²) >= 11 is 0. The van der Waals surface area contributed by atoms with Gasteiger partial charge in [-0.15, -0.1) is 0 Å². The summed E-state index contributed by atoms with van der Waals surface area (Å²) in [7, 11) is 0. The molecule has 0 aliphatic rings. The van der Waals surface area contributed by atoms with Crippen molar-refractivity contribution in [3.63, 3.8) is 0 Å². The van der Waals surface area contributed by atoms with Crippen LogP contribution < -0.4 is 9.47 Å². The SMILES string of the molecule is CCCCCCCCCC(=O)Oc1ccc(-c2ncc(OC(=O)CCCCCCC)cn2)cc1. The Balaban J connectivity index is 1.71. The summed E-state index contributed by atoms with van der Waals surface area (Å²) in [4.78, 5) is 32.6. The molecule has 0 spiro atoms. The summed E-state index contributed by atoms with van der Waals surface area (Å²) in [5.41, 5.74) is 0.792. The number of benzene rings is 1. The van der Waals surface area contributed by atoms with E-state index >= 15 is 0 Å². The summed E-state index contributed by atoms with van der Waals surface area (Å²) in [6, 6.07) is 7.11. The molecule has 0 N–H and O–H groups in total. The molecule has 0 amide bonds. The molecule has 1 aromatic heterocycles. The second-order valence-electron chi connectivity index (χ2n) is 8.75. The first-order chi connectivity index (χ1) is 16.6. The van der Waals surface area contributed by atoms with Gasteiger partial charge in [0.05, 0.1) is 12.4 Å². The van der Waals surface area contributed by atoms with E-state index in [4.69, 9.17) is 9.47 Å². The number of ether oxygens (including phenoxy) is 2. The van der Waals surface area contributed by atoms with Crippen LogP contribution in [0.25, 0.3) is 11.4 Å². The highest BCUT2D eigenvalue weighted by Crippen LogP contribution is 2.21. The van der Waals surface area contributed by atoms with Crippen molar-refractivity contribution in [3.05, 3.63) is 36.7 Å². The Kier molecular flexibility index (Phi) is 13.6. The minimum absolute atomic E-state index is 0.200. The van der Waals surface area contributed by atoms with Crippen LogP contribution in [-0.4, -0.2) is 21.9 Å². The molecule has 0 bridgehead atoms. The molecule has 34 heavy (non-hydrogen) atoms. The van der Waals surface area contributed by atoms with Gasteiger partial charge >= 0.3 is 11.9 Å². The number of hydrogen-bond acceptors (Lipinski definition) is 6. The highest BCUT2D eigenvalue weighted by Gasteiger charge is 2.09. The van der Waals surface area contributed by atoms with Gasteiger partial charge in [-0.1, -0.05) is 78.1 Å². The van der Waals surface area contributed by atoms with Crippen molar-refractivity contribution in [1.82, 2.24) is 9.97 Å². The number of rotatable bonds is 17. The van der Waals surface area contributed by atoms with Crippen LogP contribution in [0.5, 0.6) is 11.5 Å². The van der Waals surface area contributed by atoms with E-state index in [-0.39, 0.29) is 11.9 Å². The molecule has 0 unspecified atom stereocenters. The number of unbranched alkanes of at least 4 members (excludes halogenated alkanes) is 10. The summed E-state index contributed by atoms with van der Waals surface area (Å²) < 4.78 is 10.7. The lowest BCUT2D eigenvalue weighted by atomic mass is 10.1. The van der Waals surface area contributed by atoms with Gasteiger partial charge < -0.3 is 9.47 Å². The number of carbonyl (C=O) groups is 2. The van der Waals surface area contributed by atoms with Crippen molar-refractivity contribution in [2.45, 2.75) is 104 Å². The van der Waals surface area contributed by atoms with Crippen LogP contribution in [0.4, 0.5) is 0 Å². The van der Waals surface area contributed by atoms with Gasteiger partial charge in [-0.2, -0.15) is 0 Å². The summed E-state index contributed by atoms with van der Waals surface area (Å²) in [6.07, 6.45) is 17.5. The molecule has 0 aliphatic heterocycles. The first kappa shape index (κ1) is 27.5. The molecule has 186 valence electrons. The molecule has 0 saturated heterocycles. The highest BCUT2D eigenvalue weighted by atomic mass is 16.5. The molecule has 6 heteroatoms. The van der Waals surface area contributed by atoms with Gasteiger partial charge in [-0.3, -0.25) is 9.59 Å². The predicted octanol–water partition coefficient (Wildman–Crippen LogP) is 7.46. The number of hydrogen-bond donors (Lipinski definition) is 0. The Bertz CT molecular complexity index is 834. The standard InChI is InChI=1S/C28H40N2O4/c1-3-5-7-9-10-12-14-15-26(31)33-24-19-17-23(18-20-24)28-29-21-25(22-30-28)34-27(32)16-13-11-8-6-4-2/h17-22H,3-16H2,1-2H3. The van der Waals surface area contributed by atoms with E-state index in [1.54, 1.807) is 12.1 Å². The van der Waals surface area contributed by atoms with Crippen LogP contribution in [0.1, 0.15) is 104 Å². The van der Waals surface area contributed by atoms with E-state index in [1.165, 1.54) is 57.3 Å². The fraction of sp³-hybridized carbons (Fsp3) is 0.571. The normalized spacial score (nSPS) is 10.8. The van der Waals surface area contributed by atoms with Crippen LogP contribution in [0.15, 0.2) is 36.7 Å². The zero-order valence-electron chi connectivity index (χ0n) is 20.9. The fourth-order valence-corrected chi connectivity index (χ4v) is 3.65. The Morgan fingerprint density at radius 1 is 0.618 bits per heavy atom. The average Bonchev–Trinajstić information content (AvgIpc) is 2.84. The fourth-order valence-electron chi connectivity index (χ4n) is 3.65. The average molecular weight is 469 g/mol. The number of carbonyl (C=O) groups excluding carboxylic acids is 2. The van der Waals surface area contributed by atoms with Gasteiger partial charge in [0.15, 0.2) is 11.6 Å². The monoisotopic (exact) mass is 468 g/mol. The van der Waals surface area contributed by atoms with Crippen LogP contribution >= 0.6 is 0 Å². The molecule has 6 nitrogen and oxygen atoms in total.